The lowest BCUT2D eigenvalue weighted by Gasteiger charge is -2.02. The van der Waals surface area contributed by atoms with E-state index in [2.05, 4.69) is 4.98 Å². The van der Waals surface area contributed by atoms with Crippen LogP contribution in [0, 0.1) is 0 Å². The van der Waals surface area contributed by atoms with Gasteiger partial charge in [0.2, 0.25) is 5.88 Å². The average molecular weight is 276 g/mol. The number of benzene rings is 1. The van der Waals surface area contributed by atoms with E-state index < -0.39 is 0 Å². The fourth-order valence-corrected chi connectivity index (χ4v) is 2.53. The predicted molar refractivity (Wildman–Crippen MR) is 65.9 cm³/mol. The third-order valence-corrected chi connectivity index (χ3v) is 3.53. The fraction of sp³-hybridized carbons (Fsp3) is 0.100. The molecule has 0 bridgehead atoms. The van der Waals surface area contributed by atoms with Crippen molar-refractivity contribution in [2.75, 3.05) is 0 Å². The number of hydrogen-bond donors (Lipinski definition) is 2. The van der Waals surface area contributed by atoms with Gasteiger partial charge in [-0.05, 0) is 17.7 Å². The van der Waals surface area contributed by atoms with Gasteiger partial charge in [0.1, 0.15) is 0 Å². The summed E-state index contributed by atoms with van der Waals surface area (Å²) in [6.07, 6.45) is 0.408. The monoisotopic (exact) mass is 275 g/mol. The summed E-state index contributed by atoms with van der Waals surface area (Å²) in [7, 11) is 0. The molecular formula is C10H7Cl2NO2S. The summed E-state index contributed by atoms with van der Waals surface area (Å²) in [5, 5.41) is 10.5. The zero-order chi connectivity index (χ0) is 11.7. The molecule has 0 saturated heterocycles. The minimum atomic E-state index is -0.280. The molecule has 0 atom stereocenters. The minimum Gasteiger partial charge on any atom is -0.494 e. The van der Waals surface area contributed by atoms with E-state index in [-0.39, 0.29) is 10.8 Å². The molecule has 1 aromatic carbocycles. The molecule has 0 radical (unpaired) electrons. The van der Waals surface area contributed by atoms with Gasteiger partial charge >= 0.3 is 4.87 Å². The van der Waals surface area contributed by atoms with Crippen molar-refractivity contribution >= 4 is 34.5 Å². The van der Waals surface area contributed by atoms with E-state index in [1.54, 1.807) is 18.2 Å². The van der Waals surface area contributed by atoms with Crippen LogP contribution in [0.15, 0.2) is 23.0 Å². The lowest BCUT2D eigenvalue weighted by atomic mass is 10.1. The van der Waals surface area contributed by atoms with E-state index in [1.807, 2.05) is 0 Å². The van der Waals surface area contributed by atoms with Crippen molar-refractivity contribution in [3.63, 3.8) is 0 Å². The van der Waals surface area contributed by atoms with Gasteiger partial charge in [-0.3, -0.25) is 9.78 Å². The zero-order valence-electron chi connectivity index (χ0n) is 7.96. The van der Waals surface area contributed by atoms with Gasteiger partial charge < -0.3 is 5.11 Å². The molecule has 0 aliphatic carbocycles. The summed E-state index contributed by atoms with van der Waals surface area (Å²) in [4.78, 5) is 13.6. The molecule has 0 spiro atoms. The number of aromatic amines is 1. The number of aromatic hydroxyl groups is 1. The Hall–Kier alpha value is -0.970. The Morgan fingerprint density at radius 1 is 1.38 bits per heavy atom. The van der Waals surface area contributed by atoms with Crippen LogP contribution >= 0.6 is 34.5 Å². The molecule has 0 fully saturated rings. The lowest BCUT2D eigenvalue weighted by molar-refractivity contribution is 0.451. The average Bonchev–Trinajstić information content (AvgIpc) is 2.50. The van der Waals surface area contributed by atoms with Crippen LogP contribution in [-0.4, -0.2) is 10.1 Å². The van der Waals surface area contributed by atoms with Crippen molar-refractivity contribution in [2.24, 2.45) is 0 Å². The maximum atomic E-state index is 11.0. The lowest BCUT2D eigenvalue weighted by Crippen LogP contribution is -1.89. The highest BCUT2D eigenvalue weighted by molar-refractivity contribution is 7.09. The number of rotatable bonds is 2. The van der Waals surface area contributed by atoms with Gasteiger partial charge in [-0.25, -0.2) is 0 Å². The number of H-pyrrole nitrogens is 1. The molecule has 0 aliphatic rings. The third-order valence-electron chi connectivity index (χ3n) is 2.07. The first-order valence-corrected chi connectivity index (χ1v) is 5.98. The van der Waals surface area contributed by atoms with Gasteiger partial charge in [0.15, 0.2) is 0 Å². The largest absolute Gasteiger partial charge is 0.494 e. The van der Waals surface area contributed by atoms with Crippen molar-refractivity contribution in [1.82, 2.24) is 4.98 Å². The van der Waals surface area contributed by atoms with E-state index >= 15 is 0 Å². The topological polar surface area (TPSA) is 53.1 Å². The van der Waals surface area contributed by atoms with Crippen molar-refractivity contribution in [3.8, 4) is 5.88 Å². The molecule has 16 heavy (non-hydrogen) atoms. The van der Waals surface area contributed by atoms with Crippen molar-refractivity contribution < 1.29 is 5.11 Å². The minimum absolute atomic E-state index is 0.0963. The number of thiazole rings is 1. The van der Waals surface area contributed by atoms with Gasteiger partial charge in [-0.2, -0.15) is 0 Å². The second-order valence-electron chi connectivity index (χ2n) is 3.20. The smallest absolute Gasteiger partial charge is 0.307 e. The first kappa shape index (κ1) is 11.5. The van der Waals surface area contributed by atoms with Crippen LogP contribution in [0.4, 0.5) is 0 Å². The molecule has 0 amide bonds. The van der Waals surface area contributed by atoms with Gasteiger partial charge in [0.25, 0.3) is 0 Å². The van der Waals surface area contributed by atoms with E-state index in [4.69, 9.17) is 23.2 Å². The van der Waals surface area contributed by atoms with E-state index in [1.165, 1.54) is 0 Å². The Morgan fingerprint density at radius 2 is 2.12 bits per heavy atom. The van der Waals surface area contributed by atoms with Crippen LogP contribution in [0.2, 0.25) is 10.0 Å². The van der Waals surface area contributed by atoms with Crippen molar-refractivity contribution in [1.29, 1.82) is 0 Å². The molecule has 0 aliphatic heterocycles. The maximum Gasteiger partial charge on any atom is 0.307 e. The first-order chi connectivity index (χ1) is 7.56. The van der Waals surface area contributed by atoms with E-state index in [9.17, 15) is 9.90 Å². The second-order valence-corrected chi connectivity index (χ2v) is 5.11. The summed E-state index contributed by atoms with van der Waals surface area (Å²) >= 11 is 12.7. The van der Waals surface area contributed by atoms with Crippen molar-refractivity contribution in [3.05, 3.63) is 48.4 Å². The highest BCUT2D eigenvalue weighted by atomic mass is 35.5. The van der Waals surface area contributed by atoms with Crippen LogP contribution in [0.25, 0.3) is 0 Å². The normalized spacial score (nSPS) is 10.6. The summed E-state index contributed by atoms with van der Waals surface area (Å²) in [5.41, 5.74) is 0.816. The molecule has 6 heteroatoms. The van der Waals surface area contributed by atoms with Crippen LogP contribution in [-0.2, 0) is 6.42 Å². The quantitative estimate of drug-likeness (QED) is 0.885. The molecule has 2 aromatic rings. The summed E-state index contributed by atoms with van der Waals surface area (Å²) in [6, 6.07) is 5.12. The number of halogens is 2. The van der Waals surface area contributed by atoms with Crippen LogP contribution < -0.4 is 4.87 Å². The van der Waals surface area contributed by atoms with Crippen LogP contribution in [0.3, 0.4) is 0 Å². The second kappa shape index (κ2) is 4.49. The molecule has 1 aromatic heterocycles. The van der Waals surface area contributed by atoms with Crippen LogP contribution in [0.1, 0.15) is 10.4 Å². The van der Waals surface area contributed by atoms with Gasteiger partial charge in [-0.1, -0.05) is 40.6 Å². The fourth-order valence-electron chi connectivity index (χ4n) is 1.31. The number of hydrogen-bond acceptors (Lipinski definition) is 3. The van der Waals surface area contributed by atoms with E-state index in [0.29, 0.717) is 21.3 Å². The Bertz CT molecular complexity index is 576. The standard InChI is InChI=1S/C10H7Cl2NO2S/c11-6-2-1-5(7(12)4-6)3-8-9(14)13-10(15)16-8/h1-2,4,14H,3H2,(H,13,15). The Labute approximate surface area is 105 Å². The Kier molecular flexibility index (Phi) is 3.23. The summed E-state index contributed by atoms with van der Waals surface area (Å²) in [5.74, 6) is -0.0963. The molecule has 2 N–H and O–H groups in total. The third kappa shape index (κ3) is 2.40. The highest BCUT2D eigenvalue weighted by Gasteiger charge is 2.09. The van der Waals surface area contributed by atoms with Gasteiger partial charge in [0.05, 0.1) is 4.88 Å². The Morgan fingerprint density at radius 3 is 2.69 bits per heavy atom. The van der Waals surface area contributed by atoms with E-state index in [0.717, 1.165) is 16.9 Å². The molecule has 84 valence electrons. The van der Waals surface area contributed by atoms with Crippen LogP contribution in [0.5, 0.6) is 5.88 Å². The summed E-state index contributed by atoms with van der Waals surface area (Å²) < 4.78 is 0. The van der Waals surface area contributed by atoms with Crippen molar-refractivity contribution in [2.45, 2.75) is 6.42 Å². The highest BCUT2D eigenvalue weighted by Crippen LogP contribution is 2.26. The SMILES string of the molecule is O=c1[nH]c(O)c(Cc2ccc(Cl)cc2Cl)s1. The van der Waals surface area contributed by atoms with Gasteiger partial charge in [-0.15, -0.1) is 0 Å². The molecule has 3 nitrogen and oxygen atoms in total. The summed E-state index contributed by atoms with van der Waals surface area (Å²) in [6.45, 7) is 0. The van der Waals surface area contributed by atoms with Gasteiger partial charge in [0, 0.05) is 16.5 Å². The molecular weight excluding hydrogens is 269 g/mol. The number of aromatic nitrogens is 1. The predicted octanol–water partition coefficient (Wildman–Crippen LogP) is 3.04. The maximum absolute atomic E-state index is 11.0. The Balaban J connectivity index is 2.34. The first-order valence-electron chi connectivity index (χ1n) is 4.41. The zero-order valence-corrected chi connectivity index (χ0v) is 10.3. The number of nitrogens with one attached hydrogen (secondary N) is 1. The molecule has 1 heterocycles. The molecule has 0 saturated carbocycles. The molecule has 0 unspecified atom stereocenters. The molecule has 2 rings (SSSR count).